The van der Waals surface area contributed by atoms with Gasteiger partial charge < -0.3 is 27.8 Å². The van der Waals surface area contributed by atoms with Gasteiger partial charge in [-0.25, -0.2) is 0 Å². The van der Waals surface area contributed by atoms with E-state index in [0.717, 1.165) is 217 Å². The number of furan rings is 2. The fraction of sp³-hybridized carbons (Fsp3) is 0. The van der Waals surface area contributed by atoms with Crippen molar-refractivity contribution in [3.8, 4) is 145 Å². The highest BCUT2D eigenvalue weighted by molar-refractivity contribution is 6.16. The maximum Gasteiger partial charge on any atom is 0.143 e. The summed E-state index contributed by atoms with van der Waals surface area (Å²) in [5, 5.41) is 11.6. The van der Waals surface area contributed by atoms with E-state index < -0.39 is 0 Å². The van der Waals surface area contributed by atoms with Crippen LogP contribution < -0.4 is 9.80 Å². The summed E-state index contributed by atoms with van der Waals surface area (Å²) in [6.07, 6.45) is 0. The summed E-state index contributed by atoms with van der Waals surface area (Å²) in [6, 6.07) is 204. The van der Waals surface area contributed by atoms with Crippen LogP contribution in [0.25, 0.3) is 243 Å². The lowest BCUT2D eigenvalue weighted by atomic mass is 9.91. The first-order valence-corrected chi connectivity index (χ1v) is 50.7. The minimum absolute atomic E-state index is 0.853. The molecule has 0 radical (unpaired) electrons. The first kappa shape index (κ1) is 86.2. The third-order valence-electron chi connectivity index (χ3n) is 30.0. The van der Waals surface area contributed by atoms with Crippen molar-refractivity contribution in [2.45, 2.75) is 0 Å². The fourth-order valence-electron chi connectivity index (χ4n) is 22.7. The molecule has 0 bridgehead atoms. The lowest BCUT2D eigenvalue weighted by Gasteiger charge is -2.28. The van der Waals surface area contributed by atoms with E-state index in [1.807, 2.05) is 12.1 Å². The molecule has 0 saturated heterocycles. The van der Waals surface area contributed by atoms with Crippen LogP contribution in [-0.2, 0) is 0 Å². The molecule has 0 aliphatic carbocycles. The van der Waals surface area contributed by atoms with E-state index in [9.17, 15) is 0 Å². The van der Waals surface area contributed by atoms with Gasteiger partial charge in [-0.1, -0.05) is 419 Å². The molecule has 0 atom stereocenters. The highest BCUT2D eigenvalue weighted by Gasteiger charge is 2.27. The molecule has 6 heteroatoms. The molecule has 24 aromatic carbocycles. The van der Waals surface area contributed by atoms with Gasteiger partial charge in [0.15, 0.2) is 0 Å². The minimum atomic E-state index is 0.853. The van der Waals surface area contributed by atoms with Crippen LogP contribution in [0.3, 0.4) is 0 Å². The van der Waals surface area contributed by atoms with Crippen LogP contribution in [0.15, 0.2) is 567 Å². The molecule has 4 aromatic heterocycles. The predicted molar refractivity (Wildman–Crippen MR) is 622 cm³/mol. The van der Waals surface area contributed by atoms with Crippen molar-refractivity contribution in [2.24, 2.45) is 0 Å². The van der Waals surface area contributed by atoms with Gasteiger partial charge in [-0.05, 0) is 256 Å². The number of rotatable bonds is 20. The first-order chi connectivity index (χ1) is 73.4. The molecule has 0 unspecified atom stereocenters. The highest BCUT2D eigenvalue weighted by Crippen LogP contribution is 2.50. The van der Waals surface area contributed by atoms with E-state index in [1.165, 1.54) is 60.3 Å². The Morgan fingerprint density at radius 2 is 0.446 bits per heavy atom. The van der Waals surface area contributed by atoms with Crippen LogP contribution in [0.1, 0.15) is 0 Å². The van der Waals surface area contributed by atoms with Crippen molar-refractivity contribution < 1.29 is 8.83 Å². The number of fused-ring (bicyclic) bond motifs is 13. The second-order valence-electron chi connectivity index (χ2n) is 38.5. The Morgan fingerprint density at radius 1 is 0.142 bits per heavy atom. The van der Waals surface area contributed by atoms with Gasteiger partial charge >= 0.3 is 0 Å². The van der Waals surface area contributed by atoms with Crippen LogP contribution in [0.5, 0.6) is 0 Å². The SMILES string of the molecule is c1ccc(-c2cccc(-c3ccccc3N(c3ccc(-c4ccc(-c5cc(-c6cccc7cc(-c8ccc(N(c9ccc(-c%10ccc(-c%11cccc%12c%11oc%11ccccc%11%12)cc%10)cc9)c9ccc(-c%10ccc(-c%11ccccc%11)cc%10-n%10c%11ccccc%11c%11ccccc%11%10)cc9)cc8)ccc67)cc6c5oc5ccccc56)cc4)cc3)c3ccc(-c4ccc(-c5ccccc5)cc4-n4c5ccccc5c5ccccc54)cc3)c2)cc1. The fourth-order valence-corrected chi connectivity index (χ4v) is 22.7. The zero-order valence-corrected chi connectivity index (χ0v) is 80.7. The summed E-state index contributed by atoms with van der Waals surface area (Å²) >= 11 is 0. The lowest BCUT2D eigenvalue weighted by molar-refractivity contribution is 0.669. The van der Waals surface area contributed by atoms with Crippen molar-refractivity contribution >= 4 is 132 Å². The normalized spacial score (nSPS) is 11.6. The third kappa shape index (κ3) is 15.3. The summed E-state index contributed by atoms with van der Waals surface area (Å²) in [7, 11) is 0. The summed E-state index contributed by atoms with van der Waals surface area (Å²) in [5.41, 5.74) is 43.6. The molecule has 148 heavy (non-hydrogen) atoms. The zero-order valence-electron chi connectivity index (χ0n) is 80.7. The Kier molecular flexibility index (Phi) is 21.2. The summed E-state index contributed by atoms with van der Waals surface area (Å²) in [5.74, 6) is 0. The van der Waals surface area contributed by atoms with Crippen LogP contribution in [0.4, 0.5) is 34.1 Å². The van der Waals surface area contributed by atoms with Crippen molar-refractivity contribution in [1.82, 2.24) is 9.13 Å². The molecule has 6 nitrogen and oxygen atoms in total. The van der Waals surface area contributed by atoms with E-state index in [-0.39, 0.29) is 0 Å². The molecule has 0 fully saturated rings. The second kappa shape index (κ2) is 36.4. The quantitative estimate of drug-likeness (QED) is 0.0763. The van der Waals surface area contributed by atoms with Gasteiger partial charge in [0.25, 0.3) is 0 Å². The average Bonchev–Trinajstić information content (AvgIpc) is 1.57. The van der Waals surface area contributed by atoms with Crippen molar-refractivity contribution in [2.75, 3.05) is 9.80 Å². The van der Waals surface area contributed by atoms with E-state index >= 15 is 0 Å². The maximum atomic E-state index is 6.95. The predicted octanol–water partition coefficient (Wildman–Crippen LogP) is 39.8. The number of benzene rings is 24. The van der Waals surface area contributed by atoms with Gasteiger partial charge in [0.2, 0.25) is 0 Å². The first-order valence-electron chi connectivity index (χ1n) is 50.7. The van der Waals surface area contributed by atoms with Crippen LogP contribution in [0.2, 0.25) is 0 Å². The van der Waals surface area contributed by atoms with E-state index in [1.54, 1.807) is 0 Å². The van der Waals surface area contributed by atoms with Crippen molar-refractivity contribution in [1.29, 1.82) is 0 Å². The molecule has 4 heterocycles. The second-order valence-corrected chi connectivity index (χ2v) is 38.5. The van der Waals surface area contributed by atoms with Crippen molar-refractivity contribution in [3.63, 3.8) is 0 Å². The molecular weight excluding hydrogens is 1790 g/mol. The molecule has 0 aliphatic rings. The van der Waals surface area contributed by atoms with Gasteiger partial charge in [0, 0.05) is 99.3 Å². The Morgan fingerprint density at radius 3 is 0.932 bits per heavy atom. The Hall–Kier alpha value is -19.7. The summed E-state index contributed by atoms with van der Waals surface area (Å²) in [6.45, 7) is 0. The average molecular weight is 1890 g/mol. The third-order valence-corrected chi connectivity index (χ3v) is 30.0. The monoisotopic (exact) mass is 1880 g/mol. The minimum Gasteiger partial charge on any atom is -0.455 e. The van der Waals surface area contributed by atoms with Crippen LogP contribution >= 0.6 is 0 Å². The molecule has 0 spiro atoms. The topological polar surface area (TPSA) is 42.6 Å². The van der Waals surface area contributed by atoms with Gasteiger partial charge in [-0.3, -0.25) is 0 Å². The largest absolute Gasteiger partial charge is 0.455 e. The molecular formula is C142H92N4O2. The molecule has 692 valence electrons. The van der Waals surface area contributed by atoms with E-state index in [4.69, 9.17) is 8.83 Å². The number of para-hydroxylation sites is 8. The van der Waals surface area contributed by atoms with Gasteiger partial charge in [0.1, 0.15) is 22.3 Å². The number of hydrogen-bond donors (Lipinski definition) is 0. The lowest BCUT2D eigenvalue weighted by Crippen LogP contribution is -2.11. The van der Waals surface area contributed by atoms with E-state index in [2.05, 4.69) is 565 Å². The van der Waals surface area contributed by atoms with Gasteiger partial charge in [0.05, 0.1) is 39.1 Å². The van der Waals surface area contributed by atoms with Crippen molar-refractivity contribution in [3.05, 3.63) is 558 Å². The van der Waals surface area contributed by atoms with E-state index in [0.29, 0.717) is 0 Å². The van der Waals surface area contributed by atoms with Crippen LogP contribution in [0, 0.1) is 0 Å². The zero-order chi connectivity index (χ0) is 97.6. The number of anilines is 6. The Bertz CT molecular complexity index is 9870. The molecule has 0 amide bonds. The molecule has 28 aromatic rings. The Labute approximate surface area is 857 Å². The highest BCUT2D eigenvalue weighted by atomic mass is 16.3. The van der Waals surface area contributed by atoms with Crippen LogP contribution in [-0.4, -0.2) is 9.13 Å². The van der Waals surface area contributed by atoms with Gasteiger partial charge in [-0.15, -0.1) is 0 Å². The molecule has 28 rings (SSSR count). The number of hydrogen-bond acceptors (Lipinski definition) is 4. The molecule has 0 N–H and O–H groups in total. The molecule has 0 saturated carbocycles. The maximum absolute atomic E-state index is 6.95. The van der Waals surface area contributed by atoms with Gasteiger partial charge in [-0.2, -0.15) is 0 Å². The smallest absolute Gasteiger partial charge is 0.143 e. The summed E-state index contributed by atoms with van der Waals surface area (Å²) < 4.78 is 18.4. The summed E-state index contributed by atoms with van der Waals surface area (Å²) in [4.78, 5) is 4.80. The molecule has 0 aliphatic heterocycles. The Balaban J connectivity index is 0.499. The number of nitrogens with zero attached hydrogens (tertiary/aromatic N) is 4. The number of aromatic nitrogens is 2. The standard InChI is InChI=1S/C142H92N4O2/c1-4-27-93(28-5-1)105-33-24-34-110(87-105)119-36-10-17-46-132(119)144(116-82-69-102(70-83-116)121-86-73-108(95-31-8-3-9-32-95)92-138(121)146-135-49-20-13-39-125(135)126-40-14-21-50-136(126)146)115-78-63-99(64-79-115)97-55-59-104(60-56-97)130-89-111(90-131-128-42-16-23-52-140(128)148-142(130)131)117-43-25-35-109-88-106(71-84-118(109)117)100-65-76-113(77-66-100)143(112-74-61-98(62-75-112)96-53-57-103(58-54-96)122-44-26-45-129-127-41-15-22-51-139(127)147-141(122)129)114-80-67-101(68-81-114)120-85-72-107(94-29-6-2-7-30-94)91-137(120)145-133-47-18-11-37-123(133)124-38-12-19-48-134(124)145/h1-92H.